The number of hydrogen-bond acceptors (Lipinski definition) is 5. The van der Waals surface area contributed by atoms with Crippen LogP contribution in [0, 0.1) is 0 Å². The summed E-state index contributed by atoms with van der Waals surface area (Å²) in [5.74, 6) is 0.341. The average molecular weight is 284 g/mol. The number of β-amino-alcohol motifs (C(OH)–C–C–N with tert-alkyl or cyclic N) is 1. The topological polar surface area (TPSA) is 83.6 Å². The molecule has 19 heavy (non-hydrogen) atoms. The highest BCUT2D eigenvalue weighted by atomic mass is 32.2. The summed E-state index contributed by atoms with van der Waals surface area (Å²) in [7, 11) is -2.91. The predicted octanol–water partition coefficient (Wildman–Crippen LogP) is 0.421. The number of nitrogens with zero attached hydrogens (tertiary/aromatic N) is 1. The largest absolute Gasteiger partial charge is 0.399 e. The van der Waals surface area contributed by atoms with Gasteiger partial charge in [-0.3, -0.25) is 4.90 Å². The summed E-state index contributed by atoms with van der Waals surface area (Å²) in [6.07, 6.45) is -0.621. The van der Waals surface area contributed by atoms with Crippen LogP contribution in [0.2, 0.25) is 0 Å². The van der Waals surface area contributed by atoms with Crippen molar-refractivity contribution in [3.63, 3.8) is 0 Å². The molecule has 0 aromatic heterocycles. The highest BCUT2D eigenvalue weighted by Crippen LogP contribution is 2.19. The lowest BCUT2D eigenvalue weighted by Crippen LogP contribution is -2.48. The molecule has 0 amide bonds. The summed E-state index contributed by atoms with van der Waals surface area (Å²) >= 11 is 0. The molecule has 1 heterocycles. The first-order chi connectivity index (χ1) is 8.87. The molecule has 0 radical (unpaired) electrons. The predicted molar refractivity (Wildman–Crippen MR) is 75.5 cm³/mol. The van der Waals surface area contributed by atoms with Gasteiger partial charge >= 0.3 is 0 Å². The third-order valence-corrected chi connectivity index (χ3v) is 5.33. The summed E-state index contributed by atoms with van der Waals surface area (Å²) in [6, 6.07) is 7.05. The van der Waals surface area contributed by atoms with Gasteiger partial charge < -0.3 is 10.8 Å². The van der Waals surface area contributed by atoms with Crippen molar-refractivity contribution in [2.24, 2.45) is 0 Å². The molecule has 1 aliphatic rings. The van der Waals surface area contributed by atoms with E-state index in [0.29, 0.717) is 18.8 Å². The van der Waals surface area contributed by atoms with Gasteiger partial charge in [-0.1, -0.05) is 12.1 Å². The Morgan fingerprint density at radius 2 is 2.05 bits per heavy atom. The SMILES string of the molecule is CC1CS(=O)(=O)CCN1CC(O)c1ccc(N)cc1. The van der Waals surface area contributed by atoms with Gasteiger partial charge in [0.2, 0.25) is 0 Å². The molecule has 0 bridgehead atoms. The monoisotopic (exact) mass is 284 g/mol. The van der Waals surface area contributed by atoms with E-state index < -0.39 is 15.9 Å². The Bertz CT molecular complexity index is 527. The molecule has 3 N–H and O–H groups in total. The number of nitrogen functional groups attached to an aromatic ring is 1. The summed E-state index contributed by atoms with van der Waals surface area (Å²) in [5.41, 5.74) is 7.07. The van der Waals surface area contributed by atoms with Crippen LogP contribution in [0.3, 0.4) is 0 Å². The molecule has 2 unspecified atom stereocenters. The van der Waals surface area contributed by atoms with Crippen molar-refractivity contribution in [2.45, 2.75) is 19.1 Å². The van der Waals surface area contributed by atoms with Gasteiger partial charge in [-0.2, -0.15) is 0 Å². The Kier molecular flexibility index (Phi) is 4.13. The van der Waals surface area contributed by atoms with E-state index in [0.717, 1.165) is 5.56 Å². The van der Waals surface area contributed by atoms with Crippen LogP contribution >= 0.6 is 0 Å². The van der Waals surface area contributed by atoms with Gasteiger partial charge in [0.25, 0.3) is 0 Å². The molecule has 0 aliphatic carbocycles. The van der Waals surface area contributed by atoms with Crippen LogP contribution in [0.1, 0.15) is 18.6 Å². The maximum atomic E-state index is 11.5. The molecule has 1 fully saturated rings. The molecule has 5 nitrogen and oxygen atoms in total. The molecule has 2 atom stereocenters. The van der Waals surface area contributed by atoms with Gasteiger partial charge in [-0.15, -0.1) is 0 Å². The fraction of sp³-hybridized carbons (Fsp3) is 0.538. The van der Waals surface area contributed by atoms with Crippen molar-refractivity contribution in [2.75, 3.05) is 30.3 Å². The Morgan fingerprint density at radius 3 is 2.63 bits per heavy atom. The Balaban J connectivity index is 1.99. The maximum Gasteiger partial charge on any atom is 0.153 e. The molecule has 1 aromatic rings. The zero-order valence-corrected chi connectivity index (χ0v) is 11.8. The lowest BCUT2D eigenvalue weighted by molar-refractivity contribution is 0.0975. The first-order valence-electron chi connectivity index (χ1n) is 6.35. The van der Waals surface area contributed by atoms with E-state index in [-0.39, 0.29) is 17.5 Å². The molecule has 6 heteroatoms. The maximum absolute atomic E-state index is 11.5. The van der Waals surface area contributed by atoms with Crippen molar-refractivity contribution < 1.29 is 13.5 Å². The Labute approximate surface area is 113 Å². The van der Waals surface area contributed by atoms with Gasteiger partial charge in [-0.25, -0.2) is 8.42 Å². The number of aliphatic hydroxyl groups is 1. The number of benzene rings is 1. The van der Waals surface area contributed by atoms with Crippen molar-refractivity contribution >= 4 is 15.5 Å². The number of rotatable bonds is 3. The van der Waals surface area contributed by atoms with Gasteiger partial charge in [-0.05, 0) is 24.6 Å². The minimum Gasteiger partial charge on any atom is -0.399 e. The minimum absolute atomic E-state index is 0.0535. The summed E-state index contributed by atoms with van der Waals surface area (Å²) < 4.78 is 23.0. The molecule has 1 aliphatic heterocycles. The number of hydrogen-bond donors (Lipinski definition) is 2. The molecule has 0 spiro atoms. The van der Waals surface area contributed by atoms with Crippen LogP contribution in [-0.2, 0) is 9.84 Å². The van der Waals surface area contributed by atoms with E-state index >= 15 is 0 Å². The quantitative estimate of drug-likeness (QED) is 0.786. The zero-order valence-electron chi connectivity index (χ0n) is 11.0. The molecule has 1 saturated heterocycles. The molecule has 0 saturated carbocycles. The van der Waals surface area contributed by atoms with Gasteiger partial charge in [0.1, 0.15) is 0 Å². The van der Waals surface area contributed by atoms with Gasteiger partial charge in [0.15, 0.2) is 9.84 Å². The normalized spacial score (nSPS) is 25.1. The molecule has 106 valence electrons. The standard InChI is InChI=1S/C13H20N2O3S/c1-10-9-19(17,18)7-6-15(10)8-13(16)11-2-4-12(14)5-3-11/h2-5,10,13,16H,6-9,14H2,1H3. The lowest BCUT2D eigenvalue weighted by atomic mass is 10.1. The summed E-state index contributed by atoms with van der Waals surface area (Å²) in [5, 5.41) is 10.2. The van der Waals surface area contributed by atoms with Crippen LogP contribution in [0.25, 0.3) is 0 Å². The number of anilines is 1. The van der Waals surface area contributed by atoms with Crippen LogP contribution < -0.4 is 5.73 Å². The number of nitrogens with two attached hydrogens (primary N) is 1. The molecular formula is C13H20N2O3S. The van der Waals surface area contributed by atoms with Crippen molar-refractivity contribution in [1.82, 2.24) is 4.90 Å². The molecule has 2 rings (SSSR count). The van der Waals surface area contributed by atoms with Gasteiger partial charge in [0.05, 0.1) is 17.6 Å². The van der Waals surface area contributed by atoms with E-state index in [1.807, 2.05) is 11.8 Å². The van der Waals surface area contributed by atoms with Crippen LogP contribution in [-0.4, -0.2) is 49.1 Å². The highest BCUT2D eigenvalue weighted by molar-refractivity contribution is 7.91. The fourth-order valence-electron chi connectivity index (χ4n) is 2.35. The second-order valence-corrected chi connectivity index (χ2v) is 7.37. The molecular weight excluding hydrogens is 264 g/mol. The van der Waals surface area contributed by atoms with Crippen LogP contribution in [0.15, 0.2) is 24.3 Å². The van der Waals surface area contributed by atoms with E-state index in [2.05, 4.69) is 0 Å². The zero-order chi connectivity index (χ0) is 14.0. The first kappa shape index (κ1) is 14.3. The smallest absolute Gasteiger partial charge is 0.153 e. The summed E-state index contributed by atoms with van der Waals surface area (Å²) in [4.78, 5) is 2.02. The summed E-state index contributed by atoms with van der Waals surface area (Å²) in [6.45, 7) is 2.81. The van der Waals surface area contributed by atoms with E-state index in [9.17, 15) is 13.5 Å². The van der Waals surface area contributed by atoms with E-state index in [4.69, 9.17) is 5.73 Å². The van der Waals surface area contributed by atoms with Crippen molar-refractivity contribution in [3.8, 4) is 0 Å². The Morgan fingerprint density at radius 1 is 1.42 bits per heavy atom. The molecule has 1 aromatic carbocycles. The third kappa shape index (κ3) is 3.68. The van der Waals surface area contributed by atoms with Crippen molar-refractivity contribution in [1.29, 1.82) is 0 Å². The van der Waals surface area contributed by atoms with Gasteiger partial charge in [0, 0.05) is 24.8 Å². The average Bonchev–Trinajstić information content (AvgIpc) is 2.33. The van der Waals surface area contributed by atoms with E-state index in [1.165, 1.54) is 0 Å². The Hall–Kier alpha value is -1.11. The minimum atomic E-state index is -2.91. The van der Waals surface area contributed by atoms with Crippen LogP contribution in [0.5, 0.6) is 0 Å². The number of aliphatic hydroxyl groups excluding tert-OH is 1. The lowest BCUT2D eigenvalue weighted by Gasteiger charge is -2.34. The highest BCUT2D eigenvalue weighted by Gasteiger charge is 2.29. The second-order valence-electron chi connectivity index (χ2n) is 5.14. The third-order valence-electron chi connectivity index (χ3n) is 3.54. The van der Waals surface area contributed by atoms with E-state index in [1.54, 1.807) is 24.3 Å². The second kappa shape index (κ2) is 5.48. The fourth-order valence-corrected chi connectivity index (χ4v) is 3.98. The van der Waals surface area contributed by atoms with Crippen molar-refractivity contribution in [3.05, 3.63) is 29.8 Å². The van der Waals surface area contributed by atoms with Crippen LogP contribution in [0.4, 0.5) is 5.69 Å². The number of sulfone groups is 1. The first-order valence-corrected chi connectivity index (χ1v) is 8.17.